The summed E-state index contributed by atoms with van der Waals surface area (Å²) in [5, 5.41) is 13.7. The molecule has 2 aromatic rings. The van der Waals surface area contributed by atoms with Crippen molar-refractivity contribution in [3.63, 3.8) is 0 Å². The predicted molar refractivity (Wildman–Crippen MR) is 77.5 cm³/mol. The molecule has 0 amide bonds. The maximum absolute atomic E-state index is 9.05. The lowest BCUT2D eigenvalue weighted by molar-refractivity contribution is 0.143. The Bertz CT molecular complexity index is 542. The first-order valence-electron chi connectivity index (χ1n) is 6.60. The Morgan fingerprint density at radius 3 is 2.65 bits per heavy atom. The Morgan fingerprint density at radius 1 is 1.35 bits per heavy atom. The van der Waals surface area contributed by atoms with Gasteiger partial charge >= 0.3 is 0 Å². The monoisotopic (exact) mass is 295 g/mol. The molecule has 0 radical (unpaired) electrons. The van der Waals surface area contributed by atoms with Crippen molar-refractivity contribution in [1.29, 1.82) is 0 Å². The number of aromatic nitrogens is 2. The van der Waals surface area contributed by atoms with Gasteiger partial charge in [0.2, 0.25) is 11.7 Å². The highest BCUT2D eigenvalue weighted by molar-refractivity contribution is 6.30. The molecular weight excluding hydrogens is 278 g/mol. The third kappa shape index (κ3) is 3.36. The van der Waals surface area contributed by atoms with Gasteiger partial charge in [-0.05, 0) is 37.7 Å². The van der Waals surface area contributed by atoms with Gasteiger partial charge < -0.3 is 9.63 Å². The van der Waals surface area contributed by atoms with E-state index in [-0.39, 0.29) is 12.6 Å². The molecule has 20 heavy (non-hydrogen) atoms. The van der Waals surface area contributed by atoms with Crippen LogP contribution in [0.3, 0.4) is 0 Å². The minimum absolute atomic E-state index is 0.0271. The van der Waals surface area contributed by atoms with E-state index in [9.17, 15) is 0 Å². The summed E-state index contributed by atoms with van der Waals surface area (Å²) in [7, 11) is 0. The van der Waals surface area contributed by atoms with Crippen molar-refractivity contribution in [3.05, 3.63) is 35.2 Å². The second-order valence-corrected chi connectivity index (χ2v) is 4.93. The van der Waals surface area contributed by atoms with Crippen molar-refractivity contribution in [2.24, 2.45) is 0 Å². The highest BCUT2D eigenvalue weighted by atomic mass is 35.5. The van der Waals surface area contributed by atoms with E-state index in [1.54, 1.807) is 12.1 Å². The summed E-state index contributed by atoms with van der Waals surface area (Å²) in [5.41, 5.74) is 0.863. The summed E-state index contributed by atoms with van der Waals surface area (Å²) in [4.78, 5) is 6.49. The molecule has 0 aliphatic rings. The topological polar surface area (TPSA) is 62.4 Å². The van der Waals surface area contributed by atoms with Crippen molar-refractivity contribution < 1.29 is 9.63 Å². The highest BCUT2D eigenvalue weighted by Crippen LogP contribution is 2.23. The van der Waals surface area contributed by atoms with Crippen molar-refractivity contribution in [1.82, 2.24) is 15.0 Å². The van der Waals surface area contributed by atoms with Crippen LogP contribution in [0.1, 0.15) is 25.8 Å². The zero-order chi connectivity index (χ0) is 14.5. The third-order valence-corrected chi connectivity index (χ3v) is 3.49. The van der Waals surface area contributed by atoms with Crippen LogP contribution in [0.5, 0.6) is 0 Å². The number of aliphatic hydroxyl groups excluding tert-OH is 1. The van der Waals surface area contributed by atoms with E-state index in [0.29, 0.717) is 23.3 Å². The van der Waals surface area contributed by atoms with Gasteiger partial charge in [0.05, 0.1) is 12.6 Å². The molecule has 1 aromatic carbocycles. The Hall–Kier alpha value is -1.43. The smallest absolute Gasteiger partial charge is 0.244 e. The van der Waals surface area contributed by atoms with E-state index in [2.05, 4.69) is 15.0 Å². The molecular formula is C14H18ClN3O2. The molecule has 1 aromatic heterocycles. The number of likely N-dealkylation sites (N-methyl/N-ethyl adjacent to an activating group) is 1. The minimum atomic E-state index is -0.0271. The molecule has 0 saturated carbocycles. The van der Waals surface area contributed by atoms with Crippen molar-refractivity contribution in [3.8, 4) is 11.4 Å². The molecule has 1 unspecified atom stereocenters. The fourth-order valence-electron chi connectivity index (χ4n) is 2.03. The molecule has 2 rings (SSSR count). The van der Waals surface area contributed by atoms with Crippen LogP contribution in [0, 0.1) is 0 Å². The summed E-state index contributed by atoms with van der Waals surface area (Å²) >= 11 is 5.86. The molecule has 0 bridgehead atoms. The SMILES string of the molecule is CCN(CCO)C(C)c1nc(-c2ccc(Cl)cc2)no1. The number of hydrogen-bond acceptors (Lipinski definition) is 5. The summed E-state index contributed by atoms with van der Waals surface area (Å²) in [6, 6.07) is 7.27. The lowest BCUT2D eigenvalue weighted by Gasteiger charge is -2.23. The summed E-state index contributed by atoms with van der Waals surface area (Å²) in [6.45, 7) is 5.51. The predicted octanol–water partition coefficient (Wildman–Crippen LogP) is 2.77. The van der Waals surface area contributed by atoms with Gasteiger partial charge in [0, 0.05) is 17.1 Å². The van der Waals surface area contributed by atoms with E-state index >= 15 is 0 Å². The average molecular weight is 296 g/mol. The molecule has 108 valence electrons. The normalized spacial score (nSPS) is 12.8. The molecule has 0 spiro atoms. The van der Waals surface area contributed by atoms with E-state index in [4.69, 9.17) is 21.2 Å². The van der Waals surface area contributed by atoms with Gasteiger partial charge in [-0.3, -0.25) is 4.90 Å². The summed E-state index contributed by atoms with van der Waals surface area (Å²) < 4.78 is 5.32. The molecule has 1 atom stereocenters. The largest absolute Gasteiger partial charge is 0.395 e. The van der Waals surface area contributed by atoms with Gasteiger partial charge in [0.15, 0.2) is 0 Å². The quantitative estimate of drug-likeness (QED) is 0.888. The lowest BCUT2D eigenvalue weighted by atomic mass is 10.2. The number of nitrogens with zero attached hydrogens (tertiary/aromatic N) is 3. The number of halogens is 1. The summed E-state index contributed by atoms with van der Waals surface area (Å²) in [6.07, 6.45) is 0. The Balaban J connectivity index is 2.17. The second kappa shape index (κ2) is 6.83. The first-order valence-corrected chi connectivity index (χ1v) is 6.98. The molecule has 0 saturated heterocycles. The van der Waals surface area contributed by atoms with Crippen LogP contribution in [0.15, 0.2) is 28.8 Å². The second-order valence-electron chi connectivity index (χ2n) is 4.49. The van der Waals surface area contributed by atoms with Crippen molar-refractivity contribution in [2.75, 3.05) is 19.7 Å². The van der Waals surface area contributed by atoms with Crippen molar-refractivity contribution >= 4 is 11.6 Å². The average Bonchev–Trinajstić information content (AvgIpc) is 2.94. The van der Waals surface area contributed by atoms with Crippen LogP contribution in [-0.2, 0) is 0 Å². The molecule has 5 nitrogen and oxygen atoms in total. The van der Waals surface area contributed by atoms with E-state index in [1.165, 1.54) is 0 Å². The Morgan fingerprint density at radius 2 is 2.05 bits per heavy atom. The minimum Gasteiger partial charge on any atom is -0.395 e. The van der Waals surface area contributed by atoms with E-state index in [0.717, 1.165) is 12.1 Å². The molecule has 1 heterocycles. The van der Waals surface area contributed by atoms with Crippen LogP contribution in [0.2, 0.25) is 5.02 Å². The number of hydrogen-bond donors (Lipinski definition) is 1. The lowest BCUT2D eigenvalue weighted by Crippen LogP contribution is -2.29. The van der Waals surface area contributed by atoms with Crippen molar-refractivity contribution in [2.45, 2.75) is 19.9 Å². The molecule has 1 N–H and O–H groups in total. The van der Waals surface area contributed by atoms with Gasteiger partial charge in [-0.2, -0.15) is 4.98 Å². The third-order valence-electron chi connectivity index (χ3n) is 3.24. The van der Waals surface area contributed by atoms with E-state index < -0.39 is 0 Å². The van der Waals surface area contributed by atoms with Gasteiger partial charge in [-0.15, -0.1) is 0 Å². The summed E-state index contributed by atoms with van der Waals surface area (Å²) in [5.74, 6) is 1.09. The Kier molecular flexibility index (Phi) is 5.11. The molecule has 6 heteroatoms. The van der Waals surface area contributed by atoms with Crippen LogP contribution in [0.25, 0.3) is 11.4 Å². The van der Waals surface area contributed by atoms with Gasteiger partial charge in [0.25, 0.3) is 0 Å². The van der Waals surface area contributed by atoms with Crippen LogP contribution < -0.4 is 0 Å². The Labute approximate surface area is 123 Å². The first-order chi connectivity index (χ1) is 9.65. The van der Waals surface area contributed by atoms with Gasteiger partial charge in [-0.25, -0.2) is 0 Å². The number of aliphatic hydroxyl groups is 1. The molecule has 0 aliphatic heterocycles. The zero-order valence-corrected chi connectivity index (χ0v) is 12.3. The molecule has 0 aliphatic carbocycles. The van der Waals surface area contributed by atoms with Crippen LogP contribution in [-0.4, -0.2) is 39.8 Å². The fourth-order valence-corrected chi connectivity index (χ4v) is 2.16. The van der Waals surface area contributed by atoms with Gasteiger partial charge in [0.1, 0.15) is 0 Å². The van der Waals surface area contributed by atoms with Crippen LogP contribution in [0.4, 0.5) is 0 Å². The first kappa shape index (κ1) is 15.0. The maximum Gasteiger partial charge on any atom is 0.244 e. The highest BCUT2D eigenvalue weighted by Gasteiger charge is 2.20. The number of rotatable bonds is 6. The van der Waals surface area contributed by atoms with Crippen LogP contribution >= 0.6 is 11.6 Å². The fraction of sp³-hybridized carbons (Fsp3) is 0.429. The standard InChI is InChI=1S/C14H18ClN3O2/c1-3-18(8-9-19)10(2)14-16-13(17-20-14)11-4-6-12(15)7-5-11/h4-7,10,19H,3,8-9H2,1-2H3. The van der Waals surface area contributed by atoms with E-state index in [1.807, 2.05) is 26.0 Å². The molecule has 0 fully saturated rings. The van der Waals surface area contributed by atoms with Gasteiger partial charge in [-0.1, -0.05) is 23.7 Å². The maximum atomic E-state index is 9.05. The number of benzene rings is 1. The zero-order valence-electron chi connectivity index (χ0n) is 11.6.